The minimum Gasteiger partial charge on any atom is -0.372 e. The SMILES string of the molecule is Cc1ccc(C(C)(C)N2CC[C@](CCc3ccc(F)cn3)([C@@H]3CCC(C)(C)O3)C2)cn1. The van der Waals surface area contributed by atoms with Crippen molar-refractivity contribution < 1.29 is 9.13 Å². The molecule has 0 N–H and O–H groups in total. The number of aryl methyl sites for hydroxylation is 2. The molecule has 4 nitrogen and oxygen atoms in total. The molecule has 2 aliphatic heterocycles. The third-order valence-corrected chi connectivity index (χ3v) is 7.61. The average molecular weight is 426 g/mol. The van der Waals surface area contributed by atoms with Crippen molar-refractivity contribution >= 4 is 0 Å². The zero-order chi connectivity index (χ0) is 22.3. The van der Waals surface area contributed by atoms with Gasteiger partial charge in [0.1, 0.15) is 5.82 Å². The second-order valence-electron chi connectivity index (χ2n) is 10.7. The van der Waals surface area contributed by atoms with E-state index in [1.165, 1.54) is 17.8 Å². The number of hydrogen-bond donors (Lipinski definition) is 0. The average Bonchev–Trinajstić information content (AvgIpc) is 3.33. The smallest absolute Gasteiger partial charge is 0.141 e. The van der Waals surface area contributed by atoms with Crippen molar-refractivity contribution in [1.82, 2.24) is 14.9 Å². The quantitative estimate of drug-likeness (QED) is 0.618. The van der Waals surface area contributed by atoms with Crippen LogP contribution in [0.3, 0.4) is 0 Å². The van der Waals surface area contributed by atoms with Crippen molar-refractivity contribution in [2.45, 2.75) is 84.0 Å². The first kappa shape index (κ1) is 22.3. The summed E-state index contributed by atoms with van der Waals surface area (Å²) < 4.78 is 19.9. The van der Waals surface area contributed by atoms with Crippen LogP contribution in [0.1, 0.15) is 70.3 Å². The van der Waals surface area contributed by atoms with Gasteiger partial charge in [-0.05, 0) is 97.0 Å². The van der Waals surface area contributed by atoms with Gasteiger partial charge in [0.25, 0.3) is 0 Å². The van der Waals surface area contributed by atoms with Gasteiger partial charge in [-0.25, -0.2) is 4.39 Å². The Kier molecular flexibility index (Phi) is 5.95. The van der Waals surface area contributed by atoms with Crippen LogP contribution in [0.4, 0.5) is 4.39 Å². The zero-order valence-corrected chi connectivity index (χ0v) is 19.6. The van der Waals surface area contributed by atoms with Crippen LogP contribution in [0.2, 0.25) is 0 Å². The van der Waals surface area contributed by atoms with Gasteiger partial charge in [0.2, 0.25) is 0 Å². The van der Waals surface area contributed by atoms with E-state index in [1.54, 1.807) is 0 Å². The molecular weight excluding hydrogens is 389 g/mol. The van der Waals surface area contributed by atoms with Crippen LogP contribution >= 0.6 is 0 Å². The summed E-state index contributed by atoms with van der Waals surface area (Å²) in [5.74, 6) is -0.278. The van der Waals surface area contributed by atoms with E-state index in [0.29, 0.717) is 0 Å². The van der Waals surface area contributed by atoms with Gasteiger partial charge < -0.3 is 4.74 Å². The number of pyridine rings is 2. The van der Waals surface area contributed by atoms with Gasteiger partial charge in [-0.3, -0.25) is 14.9 Å². The molecule has 2 aromatic rings. The van der Waals surface area contributed by atoms with Gasteiger partial charge in [-0.15, -0.1) is 0 Å². The summed E-state index contributed by atoms with van der Waals surface area (Å²) >= 11 is 0. The Bertz CT molecular complexity index is 894. The molecular formula is C26H36FN3O. The van der Waals surface area contributed by atoms with E-state index in [1.807, 2.05) is 19.2 Å². The molecule has 2 aliphatic rings. The lowest BCUT2D eigenvalue weighted by Gasteiger charge is -2.40. The molecule has 2 aromatic heterocycles. The Balaban J connectivity index is 1.56. The number of ether oxygens (including phenoxy) is 1. The number of nitrogens with zero attached hydrogens (tertiary/aromatic N) is 3. The van der Waals surface area contributed by atoms with Crippen molar-refractivity contribution in [1.29, 1.82) is 0 Å². The standard InChI is InChI=1S/C26H36FN3O/c1-19-6-7-20(16-28-19)25(4,5)30-15-14-26(18-30,23-11-12-24(2,3)31-23)13-10-22-9-8-21(27)17-29-22/h6-9,16-17,23H,10-15,18H2,1-5H3/t23-,26-/m0/s1. The predicted octanol–water partition coefficient (Wildman–Crippen LogP) is 5.44. The van der Waals surface area contributed by atoms with Crippen LogP contribution in [0.25, 0.3) is 0 Å². The molecule has 31 heavy (non-hydrogen) atoms. The van der Waals surface area contributed by atoms with Crippen LogP contribution < -0.4 is 0 Å². The molecule has 0 spiro atoms. The first-order chi connectivity index (χ1) is 14.6. The van der Waals surface area contributed by atoms with Gasteiger partial charge >= 0.3 is 0 Å². The fourth-order valence-electron chi connectivity index (χ4n) is 5.36. The highest BCUT2D eigenvalue weighted by Crippen LogP contribution is 2.49. The van der Waals surface area contributed by atoms with Crippen molar-refractivity contribution in [2.24, 2.45) is 5.41 Å². The Morgan fingerprint density at radius 1 is 1.13 bits per heavy atom. The van der Waals surface area contributed by atoms with Crippen LogP contribution in [-0.4, -0.2) is 39.7 Å². The maximum Gasteiger partial charge on any atom is 0.141 e. The second kappa shape index (κ2) is 8.25. The highest BCUT2D eigenvalue weighted by Gasteiger charge is 2.51. The molecule has 0 aromatic carbocycles. The summed E-state index contributed by atoms with van der Waals surface area (Å²) in [6, 6.07) is 7.64. The summed E-state index contributed by atoms with van der Waals surface area (Å²) in [7, 11) is 0. The summed E-state index contributed by atoms with van der Waals surface area (Å²) in [4.78, 5) is 11.5. The molecule has 168 valence electrons. The number of hydrogen-bond acceptors (Lipinski definition) is 4. The molecule has 0 radical (unpaired) electrons. The van der Waals surface area contributed by atoms with E-state index in [2.05, 4.69) is 54.7 Å². The van der Waals surface area contributed by atoms with Crippen LogP contribution in [0, 0.1) is 18.2 Å². The molecule has 0 bridgehead atoms. The highest BCUT2D eigenvalue weighted by atomic mass is 19.1. The predicted molar refractivity (Wildman–Crippen MR) is 121 cm³/mol. The Hall–Kier alpha value is -1.85. The zero-order valence-electron chi connectivity index (χ0n) is 19.6. The monoisotopic (exact) mass is 425 g/mol. The van der Waals surface area contributed by atoms with Gasteiger partial charge in [0.15, 0.2) is 0 Å². The summed E-state index contributed by atoms with van der Waals surface area (Å²) in [5, 5.41) is 0. The minimum atomic E-state index is -0.278. The number of halogens is 1. The lowest BCUT2D eigenvalue weighted by Crippen LogP contribution is -2.45. The van der Waals surface area contributed by atoms with Crippen LogP contribution in [0.15, 0.2) is 36.7 Å². The maximum atomic E-state index is 13.3. The van der Waals surface area contributed by atoms with Gasteiger partial charge in [-0.2, -0.15) is 0 Å². The Morgan fingerprint density at radius 2 is 1.94 bits per heavy atom. The van der Waals surface area contributed by atoms with E-state index in [4.69, 9.17) is 4.74 Å². The van der Waals surface area contributed by atoms with Crippen molar-refractivity contribution in [3.05, 3.63) is 59.4 Å². The first-order valence-corrected chi connectivity index (χ1v) is 11.6. The molecule has 0 aliphatic carbocycles. The molecule has 0 amide bonds. The fourth-order valence-corrected chi connectivity index (χ4v) is 5.36. The Labute approximate surface area is 186 Å². The largest absolute Gasteiger partial charge is 0.372 e. The van der Waals surface area contributed by atoms with Crippen molar-refractivity contribution in [2.75, 3.05) is 13.1 Å². The molecule has 0 unspecified atom stereocenters. The first-order valence-electron chi connectivity index (χ1n) is 11.6. The number of likely N-dealkylation sites (tertiary alicyclic amines) is 1. The molecule has 4 heterocycles. The molecule has 2 saturated heterocycles. The minimum absolute atomic E-state index is 0.0599. The molecule has 0 saturated carbocycles. The molecule has 4 rings (SSSR count). The lowest BCUT2D eigenvalue weighted by atomic mass is 9.75. The molecule has 2 atom stereocenters. The third kappa shape index (κ3) is 4.68. The van der Waals surface area contributed by atoms with Crippen molar-refractivity contribution in [3.8, 4) is 0 Å². The summed E-state index contributed by atoms with van der Waals surface area (Å²) in [6.07, 6.45) is 8.76. The van der Waals surface area contributed by atoms with E-state index in [-0.39, 0.29) is 28.5 Å². The fraction of sp³-hybridized carbons (Fsp3) is 0.615. The van der Waals surface area contributed by atoms with E-state index in [0.717, 1.165) is 56.6 Å². The van der Waals surface area contributed by atoms with Gasteiger partial charge in [-0.1, -0.05) is 6.07 Å². The second-order valence-corrected chi connectivity index (χ2v) is 10.7. The number of aromatic nitrogens is 2. The van der Waals surface area contributed by atoms with E-state index < -0.39 is 0 Å². The number of rotatable bonds is 6. The lowest BCUT2D eigenvalue weighted by molar-refractivity contribution is -0.0789. The molecule has 5 heteroatoms. The summed E-state index contributed by atoms with van der Waals surface area (Å²) in [6.45, 7) is 13.1. The van der Waals surface area contributed by atoms with Gasteiger partial charge in [0.05, 0.1) is 17.9 Å². The van der Waals surface area contributed by atoms with E-state index >= 15 is 0 Å². The van der Waals surface area contributed by atoms with Gasteiger partial charge in [0, 0.05) is 35.1 Å². The van der Waals surface area contributed by atoms with Crippen LogP contribution in [0.5, 0.6) is 0 Å². The van der Waals surface area contributed by atoms with Crippen LogP contribution in [-0.2, 0) is 16.7 Å². The maximum absolute atomic E-state index is 13.3. The normalized spacial score (nSPS) is 26.5. The Morgan fingerprint density at radius 3 is 2.55 bits per heavy atom. The topological polar surface area (TPSA) is 38.2 Å². The molecule has 2 fully saturated rings. The van der Waals surface area contributed by atoms with E-state index in [9.17, 15) is 4.39 Å². The van der Waals surface area contributed by atoms with Crippen molar-refractivity contribution in [3.63, 3.8) is 0 Å². The summed E-state index contributed by atoms with van der Waals surface area (Å²) in [5.41, 5.74) is 3.18. The highest BCUT2D eigenvalue weighted by molar-refractivity contribution is 5.22. The third-order valence-electron chi connectivity index (χ3n) is 7.61.